The lowest BCUT2D eigenvalue weighted by molar-refractivity contribution is 0.0175. The Kier molecular flexibility index (Phi) is 4.66. The van der Waals surface area contributed by atoms with Crippen molar-refractivity contribution in [2.24, 2.45) is 5.14 Å². The van der Waals surface area contributed by atoms with Crippen LogP contribution in [-0.2, 0) is 14.8 Å². The zero-order valence-electron chi connectivity index (χ0n) is 11.1. The van der Waals surface area contributed by atoms with Crippen molar-refractivity contribution in [1.29, 1.82) is 0 Å². The highest BCUT2D eigenvalue weighted by molar-refractivity contribution is 9.10. The van der Waals surface area contributed by atoms with Gasteiger partial charge < -0.3 is 10.1 Å². The average molecular weight is 381 g/mol. The summed E-state index contributed by atoms with van der Waals surface area (Å²) in [4.78, 5) is 11.3. The topological polar surface area (TPSA) is 98.5 Å². The number of carbonyl (C=O) groups excluding carboxylic acids is 1. The fraction of sp³-hybridized carbons (Fsp3) is 0.417. The number of nitrogens with two attached hydrogens (primary N) is 1. The van der Waals surface area contributed by atoms with Gasteiger partial charge in [0.25, 0.3) is 5.91 Å². The number of nitrogens with one attached hydrogen (secondary N) is 1. The van der Waals surface area contributed by atoms with E-state index in [4.69, 9.17) is 9.88 Å². The maximum Gasteiger partial charge on any atom is 0.254 e. The molecule has 1 saturated carbocycles. The summed E-state index contributed by atoms with van der Waals surface area (Å²) < 4.78 is 42.1. The summed E-state index contributed by atoms with van der Waals surface area (Å²) in [6.07, 6.45) is 1.36. The lowest BCUT2D eigenvalue weighted by atomic mass is 9.89. The quantitative estimate of drug-likeness (QED) is 0.817. The van der Waals surface area contributed by atoms with Crippen LogP contribution in [0.15, 0.2) is 21.5 Å². The third kappa shape index (κ3) is 3.60. The first kappa shape index (κ1) is 16.3. The van der Waals surface area contributed by atoms with E-state index in [9.17, 15) is 17.6 Å². The summed E-state index contributed by atoms with van der Waals surface area (Å²) in [5.74, 6) is -1.83. The molecule has 0 radical (unpaired) electrons. The number of rotatable bonds is 4. The van der Waals surface area contributed by atoms with Crippen LogP contribution in [-0.4, -0.2) is 33.6 Å². The molecule has 0 bridgehead atoms. The first-order chi connectivity index (χ1) is 9.72. The predicted octanol–water partition coefficient (Wildman–Crippen LogP) is 1.14. The third-order valence-electron chi connectivity index (χ3n) is 3.32. The lowest BCUT2D eigenvalue weighted by Crippen LogP contribution is -2.47. The second-order valence-corrected chi connectivity index (χ2v) is 7.26. The number of hydrogen-bond acceptors (Lipinski definition) is 4. The number of amides is 1. The fourth-order valence-corrected chi connectivity index (χ4v) is 3.34. The van der Waals surface area contributed by atoms with Crippen LogP contribution in [0.5, 0.6) is 0 Å². The number of primary sulfonamides is 1. The molecule has 1 aliphatic rings. The van der Waals surface area contributed by atoms with Crippen LogP contribution < -0.4 is 10.5 Å². The molecule has 0 unspecified atom stereocenters. The number of benzene rings is 1. The van der Waals surface area contributed by atoms with Crippen molar-refractivity contribution in [3.8, 4) is 0 Å². The number of hydrogen-bond donors (Lipinski definition) is 2. The number of carbonyl (C=O) groups is 1. The molecule has 9 heteroatoms. The van der Waals surface area contributed by atoms with E-state index in [0.29, 0.717) is 12.8 Å². The van der Waals surface area contributed by atoms with Crippen LogP contribution in [0.4, 0.5) is 4.39 Å². The van der Waals surface area contributed by atoms with Gasteiger partial charge in [-0.25, -0.2) is 17.9 Å². The van der Waals surface area contributed by atoms with Gasteiger partial charge in [-0.15, -0.1) is 0 Å². The van der Waals surface area contributed by atoms with Gasteiger partial charge in [0.15, 0.2) is 5.82 Å². The molecule has 0 heterocycles. The summed E-state index contributed by atoms with van der Waals surface area (Å²) in [6.45, 7) is 0. The number of ether oxygens (including phenoxy) is 1. The Bertz CT molecular complexity index is 674. The minimum absolute atomic E-state index is 0.0858. The van der Waals surface area contributed by atoms with Crippen molar-refractivity contribution in [3.05, 3.63) is 28.0 Å². The summed E-state index contributed by atoms with van der Waals surface area (Å²) in [6, 6.07) is 2.12. The minimum atomic E-state index is -4.25. The summed E-state index contributed by atoms with van der Waals surface area (Å²) in [5, 5.41) is 7.56. The zero-order valence-corrected chi connectivity index (χ0v) is 13.5. The summed E-state index contributed by atoms with van der Waals surface area (Å²) >= 11 is 3.04. The van der Waals surface area contributed by atoms with Crippen LogP contribution in [0.25, 0.3) is 0 Å². The highest BCUT2D eigenvalue weighted by Crippen LogP contribution is 2.26. The van der Waals surface area contributed by atoms with E-state index in [1.807, 2.05) is 0 Å². The number of sulfonamides is 1. The molecule has 1 amide bonds. The van der Waals surface area contributed by atoms with E-state index in [0.717, 1.165) is 6.07 Å². The van der Waals surface area contributed by atoms with Crippen molar-refractivity contribution in [3.63, 3.8) is 0 Å². The molecule has 1 aromatic rings. The molecule has 0 saturated heterocycles. The van der Waals surface area contributed by atoms with Gasteiger partial charge in [-0.3, -0.25) is 4.79 Å². The molecule has 0 aliphatic heterocycles. The van der Waals surface area contributed by atoms with Crippen molar-refractivity contribution in [1.82, 2.24) is 5.32 Å². The first-order valence-electron chi connectivity index (χ1n) is 6.08. The fourth-order valence-electron chi connectivity index (χ4n) is 2.08. The lowest BCUT2D eigenvalue weighted by Gasteiger charge is -2.34. The van der Waals surface area contributed by atoms with Crippen LogP contribution in [0.1, 0.15) is 23.2 Å². The SMILES string of the molecule is COC1CC(NC(=O)c2cc(Br)cc(S(N)(=O)=O)c2F)C1. The average Bonchev–Trinajstić information content (AvgIpc) is 2.33. The van der Waals surface area contributed by atoms with Gasteiger partial charge in [0, 0.05) is 17.6 Å². The molecular formula is C12H14BrFN2O4S. The second kappa shape index (κ2) is 5.99. The van der Waals surface area contributed by atoms with Crippen LogP contribution in [0.2, 0.25) is 0 Å². The monoisotopic (exact) mass is 380 g/mol. The van der Waals surface area contributed by atoms with Gasteiger partial charge in [0.05, 0.1) is 11.7 Å². The molecule has 6 nitrogen and oxygen atoms in total. The van der Waals surface area contributed by atoms with E-state index in [-0.39, 0.29) is 22.2 Å². The molecule has 0 spiro atoms. The highest BCUT2D eigenvalue weighted by atomic mass is 79.9. The maximum absolute atomic E-state index is 14.1. The van der Waals surface area contributed by atoms with Crippen LogP contribution in [0, 0.1) is 5.82 Å². The Hall–Kier alpha value is -1.03. The smallest absolute Gasteiger partial charge is 0.254 e. The summed E-state index contributed by atoms with van der Waals surface area (Å²) in [7, 11) is -2.67. The Morgan fingerprint density at radius 3 is 2.62 bits per heavy atom. The first-order valence-corrected chi connectivity index (χ1v) is 8.41. The number of methoxy groups -OCH3 is 1. The van der Waals surface area contributed by atoms with Gasteiger partial charge in [0.2, 0.25) is 10.0 Å². The van der Waals surface area contributed by atoms with E-state index in [1.54, 1.807) is 7.11 Å². The molecule has 0 atom stereocenters. The molecule has 1 fully saturated rings. The van der Waals surface area contributed by atoms with Crippen LogP contribution >= 0.6 is 15.9 Å². The van der Waals surface area contributed by atoms with Crippen LogP contribution in [0.3, 0.4) is 0 Å². The third-order valence-corrected chi connectivity index (χ3v) is 4.69. The molecule has 2 rings (SSSR count). The largest absolute Gasteiger partial charge is 0.381 e. The molecule has 3 N–H and O–H groups in total. The van der Waals surface area contributed by atoms with Crippen molar-refractivity contribution < 1.29 is 22.3 Å². The normalized spacial score (nSPS) is 21.7. The Labute approximate surface area is 130 Å². The minimum Gasteiger partial charge on any atom is -0.381 e. The maximum atomic E-state index is 14.1. The standard InChI is InChI=1S/C12H14BrFN2O4S/c1-20-8-4-7(5-8)16-12(17)9-2-6(13)3-10(11(9)14)21(15,18)19/h2-3,7-8H,4-5H2,1H3,(H,16,17)(H2,15,18,19). The predicted molar refractivity (Wildman–Crippen MR) is 76.8 cm³/mol. The van der Waals surface area contributed by atoms with Crippen molar-refractivity contribution >= 4 is 31.9 Å². The molecule has 21 heavy (non-hydrogen) atoms. The van der Waals surface area contributed by atoms with E-state index in [1.165, 1.54) is 6.07 Å². The van der Waals surface area contributed by atoms with E-state index < -0.39 is 26.6 Å². The molecule has 1 aromatic carbocycles. The molecule has 0 aromatic heterocycles. The zero-order chi connectivity index (χ0) is 15.8. The Morgan fingerprint density at radius 2 is 2.10 bits per heavy atom. The van der Waals surface area contributed by atoms with Gasteiger partial charge in [0.1, 0.15) is 4.90 Å². The molecule has 1 aliphatic carbocycles. The van der Waals surface area contributed by atoms with E-state index in [2.05, 4.69) is 21.2 Å². The second-order valence-electron chi connectivity index (χ2n) is 4.81. The highest BCUT2D eigenvalue weighted by Gasteiger charge is 2.31. The van der Waals surface area contributed by atoms with E-state index >= 15 is 0 Å². The van der Waals surface area contributed by atoms with Gasteiger partial charge in [-0.05, 0) is 25.0 Å². The van der Waals surface area contributed by atoms with Crippen molar-refractivity contribution in [2.45, 2.75) is 29.9 Å². The van der Waals surface area contributed by atoms with Crippen molar-refractivity contribution in [2.75, 3.05) is 7.11 Å². The molecule has 116 valence electrons. The molecular weight excluding hydrogens is 367 g/mol. The Morgan fingerprint density at radius 1 is 1.48 bits per heavy atom. The Balaban J connectivity index is 2.24. The van der Waals surface area contributed by atoms with Gasteiger partial charge in [-0.1, -0.05) is 15.9 Å². The van der Waals surface area contributed by atoms with Gasteiger partial charge >= 0.3 is 0 Å². The number of halogens is 2. The summed E-state index contributed by atoms with van der Waals surface area (Å²) in [5.41, 5.74) is -0.366. The van der Waals surface area contributed by atoms with Gasteiger partial charge in [-0.2, -0.15) is 0 Å².